The van der Waals surface area contributed by atoms with E-state index < -0.39 is 0 Å². The molecule has 0 fully saturated rings. The van der Waals surface area contributed by atoms with E-state index in [1.807, 2.05) is 45.0 Å². The van der Waals surface area contributed by atoms with Gasteiger partial charge in [-0.25, -0.2) is 0 Å². The summed E-state index contributed by atoms with van der Waals surface area (Å²) in [7, 11) is 0. The van der Waals surface area contributed by atoms with Gasteiger partial charge in [-0.15, -0.1) is 0 Å². The van der Waals surface area contributed by atoms with E-state index in [0.29, 0.717) is 5.56 Å². The van der Waals surface area contributed by atoms with Crippen molar-refractivity contribution in [2.75, 3.05) is 0 Å². The fourth-order valence-electron chi connectivity index (χ4n) is 1.96. The molecule has 0 saturated carbocycles. The van der Waals surface area contributed by atoms with E-state index in [1.165, 1.54) is 0 Å². The quantitative estimate of drug-likeness (QED) is 0.781. The lowest BCUT2D eigenvalue weighted by atomic mass is 9.97. The second-order valence-corrected chi connectivity index (χ2v) is 4.45. The predicted octanol–water partition coefficient (Wildman–Crippen LogP) is 3.69. The van der Waals surface area contributed by atoms with Gasteiger partial charge < -0.3 is 10.2 Å². The Hall–Kier alpha value is -1.96. The van der Waals surface area contributed by atoms with Gasteiger partial charge in [-0.2, -0.15) is 0 Å². The zero-order chi connectivity index (χ0) is 12.6. The van der Waals surface area contributed by atoms with Crippen LogP contribution in [0.15, 0.2) is 30.3 Å². The molecule has 0 aliphatic carbocycles. The maximum absolute atomic E-state index is 10.1. The smallest absolute Gasteiger partial charge is 0.130 e. The summed E-state index contributed by atoms with van der Waals surface area (Å²) in [5.74, 6) is 0.300. The summed E-state index contributed by atoms with van der Waals surface area (Å²) in [5.41, 5.74) is 4.05. The molecule has 0 aromatic heterocycles. The minimum absolute atomic E-state index is 0.150. The SMILES string of the molecule is Cc1ccc(-c2c(O)c(C)cc(C)c2O)cc1. The molecule has 0 bridgehead atoms. The first-order valence-electron chi connectivity index (χ1n) is 5.60. The van der Waals surface area contributed by atoms with E-state index in [9.17, 15) is 10.2 Å². The molecule has 0 radical (unpaired) electrons. The van der Waals surface area contributed by atoms with Crippen molar-refractivity contribution in [3.8, 4) is 22.6 Å². The van der Waals surface area contributed by atoms with Crippen molar-refractivity contribution in [1.29, 1.82) is 0 Å². The van der Waals surface area contributed by atoms with Crippen molar-refractivity contribution in [3.63, 3.8) is 0 Å². The molecule has 0 aliphatic heterocycles. The second kappa shape index (κ2) is 4.13. The maximum Gasteiger partial charge on any atom is 0.130 e. The van der Waals surface area contributed by atoms with Crippen LogP contribution in [0, 0.1) is 20.8 Å². The van der Waals surface area contributed by atoms with E-state index in [4.69, 9.17) is 0 Å². The van der Waals surface area contributed by atoms with E-state index in [2.05, 4.69) is 0 Å². The Morgan fingerprint density at radius 3 is 1.71 bits per heavy atom. The van der Waals surface area contributed by atoms with Crippen LogP contribution in [0.2, 0.25) is 0 Å². The average Bonchev–Trinajstić information content (AvgIpc) is 2.29. The molecule has 17 heavy (non-hydrogen) atoms. The lowest BCUT2D eigenvalue weighted by Gasteiger charge is -2.12. The van der Waals surface area contributed by atoms with Crippen LogP contribution in [-0.4, -0.2) is 10.2 Å². The van der Waals surface area contributed by atoms with Gasteiger partial charge in [-0.1, -0.05) is 29.8 Å². The average molecular weight is 228 g/mol. The van der Waals surface area contributed by atoms with Gasteiger partial charge >= 0.3 is 0 Å². The normalized spacial score (nSPS) is 10.5. The number of phenolic OH excluding ortho intramolecular Hbond substituents is 2. The van der Waals surface area contributed by atoms with Crippen molar-refractivity contribution in [2.45, 2.75) is 20.8 Å². The van der Waals surface area contributed by atoms with Crippen molar-refractivity contribution in [1.82, 2.24) is 0 Å². The monoisotopic (exact) mass is 228 g/mol. The molecule has 0 spiro atoms. The van der Waals surface area contributed by atoms with E-state index in [-0.39, 0.29) is 11.5 Å². The topological polar surface area (TPSA) is 40.5 Å². The van der Waals surface area contributed by atoms with Gasteiger partial charge in [-0.05, 0) is 43.5 Å². The minimum Gasteiger partial charge on any atom is -0.507 e. The minimum atomic E-state index is 0.150. The van der Waals surface area contributed by atoms with Gasteiger partial charge in [0.25, 0.3) is 0 Å². The van der Waals surface area contributed by atoms with E-state index in [0.717, 1.165) is 22.3 Å². The maximum atomic E-state index is 10.1. The van der Waals surface area contributed by atoms with Crippen LogP contribution < -0.4 is 0 Å². The zero-order valence-electron chi connectivity index (χ0n) is 10.3. The lowest BCUT2D eigenvalue weighted by Crippen LogP contribution is -1.87. The molecule has 2 nitrogen and oxygen atoms in total. The molecular weight excluding hydrogens is 212 g/mol. The third-order valence-electron chi connectivity index (χ3n) is 2.99. The van der Waals surface area contributed by atoms with Crippen LogP contribution >= 0.6 is 0 Å². The fourth-order valence-corrected chi connectivity index (χ4v) is 1.96. The highest BCUT2D eigenvalue weighted by Gasteiger charge is 2.14. The van der Waals surface area contributed by atoms with Crippen LogP contribution in [0.25, 0.3) is 11.1 Å². The molecule has 2 N–H and O–H groups in total. The highest BCUT2D eigenvalue weighted by atomic mass is 16.3. The van der Waals surface area contributed by atoms with Gasteiger partial charge in [0.1, 0.15) is 11.5 Å². The highest BCUT2D eigenvalue weighted by Crippen LogP contribution is 2.41. The molecule has 0 heterocycles. The van der Waals surface area contributed by atoms with Crippen molar-refractivity contribution < 1.29 is 10.2 Å². The second-order valence-electron chi connectivity index (χ2n) is 4.45. The van der Waals surface area contributed by atoms with Gasteiger partial charge in [0.2, 0.25) is 0 Å². The largest absolute Gasteiger partial charge is 0.507 e. The molecule has 0 aliphatic rings. The summed E-state index contributed by atoms with van der Waals surface area (Å²) in [6.07, 6.45) is 0. The first-order valence-corrected chi connectivity index (χ1v) is 5.60. The zero-order valence-corrected chi connectivity index (χ0v) is 10.3. The van der Waals surface area contributed by atoms with Crippen molar-refractivity contribution in [3.05, 3.63) is 47.0 Å². The Morgan fingerprint density at radius 2 is 1.24 bits per heavy atom. The summed E-state index contributed by atoms with van der Waals surface area (Å²) >= 11 is 0. The number of benzene rings is 2. The molecule has 0 unspecified atom stereocenters. The summed E-state index contributed by atoms with van der Waals surface area (Å²) in [6, 6.07) is 9.52. The summed E-state index contributed by atoms with van der Waals surface area (Å²) in [4.78, 5) is 0. The van der Waals surface area contributed by atoms with Crippen LogP contribution in [-0.2, 0) is 0 Å². The van der Waals surface area contributed by atoms with Crippen molar-refractivity contribution >= 4 is 0 Å². The molecule has 0 saturated heterocycles. The van der Waals surface area contributed by atoms with Crippen LogP contribution in [0.3, 0.4) is 0 Å². The molecule has 2 heteroatoms. The Kier molecular flexibility index (Phi) is 2.80. The number of phenols is 2. The Labute approximate surface area is 101 Å². The Morgan fingerprint density at radius 1 is 0.765 bits per heavy atom. The first-order chi connectivity index (χ1) is 8.00. The van der Waals surface area contributed by atoms with Crippen LogP contribution in [0.1, 0.15) is 16.7 Å². The predicted molar refractivity (Wildman–Crippen MR) is 69.4 cm³/mol. The first kappa shape index (κ1) is 11.5. The lowest BCUT2D eigenvalue weighted by molar-refractivity contribution is 0.449. The molecule has 88 valence electrons. The molecule has 0 amide bonds. The van der Waals surface area contributed by atoms with Gasteiger partial charge in [0, 0.05) is 0 Å². The standard InChI is InChI=1S/C15H16O2/c1-9-4-6-12(7-5-9)13-14(16)10(2)8-11(3)15(13)17/h4-8,16-17H,1-3H3. The number of aryl methyl sites for hydroxylation is 3. The van der Waals surface area contributed by atoms with Gasteiger partial charge in [0.15, 0.2) is 0 Å². The Balaban J connectivity index is 2.70. The number of aromatic hydroxyl groups is 2. The molecule has 2 rings (SSSR count). The Bertz CT molecular complexity index is 528. The number of rotatable bonds is 1. The number of hydrogen-bond donors (Lipinski definition) is 2. The van der Waals surface area contributed by atoms with Crippen LogP contribution in [0.4, 0.5) is 0 Å². The number of hydrogen-bond acceptors (Lipinski definition) is 2. The molecule has 2 aromatic carbocycles. The van der Waals surface area contributed by atoms with Crippen molar-refractivity contribution in [2.24, 2.45) is 0 Å². The van der Waals surface area contributed by atoms with Crippen LogP contribution in [0.5, 0.6) is 11.5 Å². The molecular formula is C15H16O2. The summed E-state index contributed by atoms with van der Waals surface area (Å²) < 4.78 is 0. The fraction of sp³-hybridized carbons (Fsp3) is 0.200. The summed E-state index contributed by atoms with van der Waals surface area (Å²) in [5, 5.41) is 20.1. The summed E-state index contributed by atoms with van der Waals surface area (Å²) in [6.45, 7) is 5.67. The molecule has 0 atom stereocenters. The highest BCUT2D eigenvalue weighted by molar-refractivity contribution is 5.79. The third kappa shape index (κ3) is 1.98. The van der Waals surface area contributed by atoms with Gasteiger partial charge in [0.05, 0.1) is 5.56 Å². The van der Waals surface area contributed by atoms with Gasteiger partial charge in [-0.3, -0.25) is 0 Å². The third-order valence-corrected chi connectivity index (χ3v) is 2.99. The van der Waals surface area contributed by atoms with E-state index >= 15 is 0 Å². The molecule has 2 aromatic rings. The van der Waals surface area contributed by atoms with E-state index in [1.54, 1.807) is 6.07 Å².